The molecular weight excluding hydrogens is 231 g/mol. The number of hydrogen-bond acceptors (Lipinski definition) is 3. The van der Waals surface area contributed by atoms with E-state index in [-0.39, 0.29) is 12.4 Å². The van der Waals surface area contributed by atoms with Crippen LogP contribution in [0.4, 0.5) is 15.8 Å². The summed E-state index contributed by atoms with van der Waals surface area (Å²) in [6.07, 6.45) is 1.61. The van der Waals surface area contributed by atoms with Crippen LogP contribution in [0, 0.1) is 12.7 Å². The SMILES string of the molecule is Cc1cc(N(C)c2ccccc2F)c(CO)cn1. The zero-order chi connectivity index (χ0) is 13.1. The average Bonchev–Trinajstić information content (AvgIpc) is 2.38. The summed E-state index contributed by atoms with van der Waals surface area (Å²) in [4.78, 5) is 5.85. The van der Waals surface area contributed by atoms with Crippen LogP contribution < -0.4 is 4.90 Å². The Morgan fingerprint density at radius 3 is 2.67 bits per heavy atom. The van der Waals surface area contributed by atoms with Gasteiger partial charge in [-0.05, 0) is 25.1 Å². The predicted molar refractivity (Wildman–Crippen MR) is 69.4 cm³/mol. The molecule has 94 valence electrons. The maximum atomic E-state index is 13.7. The maximum absolute atomic E-state index is 13.7. The van der Waals surface area contributed by atoms with E-state index in [4.69, 9.17) is 0 Å². The molecule has 0 saturated carbocycles. The number of anilines is 2. The molecule has 0 unspecified atom stereocenters. The van der Waals surface area contributed by atoms with Gasteiger partial charge in [-0.15, -0.1) is 0 Å². The fraction of sp³-hybridized carbons (Fsp3) is 0.214. The minimum atomic E-state index is -0.293. The van der Waals surface area contributed by atoms with E-state index in [1.807, 2.05) is 13.0 Å². The Morgan fingerprint density at radius 1 is 1.28 bits per heavy atom. The second kappa shape index (κ2) is 5.14. The summed E-state index contributed by atoms with van der Waals surface area (Å²) in [6.45, 7) is 1.74. The topological polar surface area (TPSA) is 36.4 Å². The summed E-state index contributed by atoms with van der Waals surface area (Å²) < 4.78 is 13.7. The molecule has 0 aliphatic heterocycles. The number of nitrogens with zero attached hydrogens (tertiary/aromatic N) is 2. The Kier molecular flexibility index (Phi) is 3.58. The van der Waals surface area contributed by atoms with Gasteiger partial charge in [-0.1, -0.05) is 12.1 Å². The van der Waals surface area contributed by atoms with Crippen molar-refractivity contribution >= 4 is 11.4 Å². The van der Waals surface area contributed by atoms with Gasteiger partial charge in [-0.2, -0.15) is 0 Å². The van der Waals surface area contributed by atoms with E-state index < -0.39 is 0 Å². The van der Waals surface area contributed by atoms with Crippen molar-refractivity contribution < 1.29 is 9.50 Å². The molecule has 0 atom stereocenters. The lowest BCUT2D eigenvalue weighted by Crippen LogP contribution is -2.14. The van der Waals surface area contributed by atoms with E-state index in [0.717, 1.165) is 11.4 Å². The van der Waals surface area contributed by atoms with Crippen molar-refractivity contribution in [1.29, 1.82) is 0 Å². The summed E-state index contributed by atoms with van der Waals surface area (Å²) in [5, 5.41) is 9.31. The van der Waals surface area contributed by atoms with Crippen LogP contribution >= 0.6 is 0 Å². The molecule has 1 aromatic heterocycles. The van der Waals surface area contributed by atoms with E-state index >= 15 is 0 Å². The zero-order valence-corrected chi connectivity index (χ0v) is 10.4. The van der Waals surface area contributed by atoms with Crippen LogP contribution in [0.1, 0.15) is 11.3 Å². The molecule has 0 saturated heterocycles. The Labute approximate surface area is 106 Å². The fourth-order valence-electron chi connectivity index (χ4n) is 1.86. The van der Waals surface area contributed by atoms with Gasteiger partial charge >= 0.3 is 0 Å². The molecule has 2 rings (SSSR count). The standard InChI is InChI=1S/C14H15FN2O/c1-10-7-14(11(9-18)8-16-10)17(2)13-6-4-3-5-12(13)15/h3-8,18H,9H2,1-2H3. The lowest BCUT2D eigenvalue weighted by molar-refractivity contribution is 0.281. The molecule has 18 heavy (non-hydrogen) atoms. The molecule has 1 aromatic carbocycles. The van der Waals surface area contributed by atoms with Crippen LogP contribution in [0.25, 0.3) is 0 Å². The summed E-state index contributed by atoms with van der Waals surface area (Å²) in [5.74, 6) is -0.293. The Hall–Kier alpha value is -1.94. The molecule has 3 nitrogen and oxygen atoms in total. The molecule has 0 spiro atoms. The van der Waals surface area contributed by atoms with Crippen LogP contribution in [-0.4, -0.2) is 17.1 Å². The monoisotopic (exact) mass is 246 g/mol. The molecule has 0 aliphatic carbocycles. The van der Waals surface area contributed by atoms with Crippen molar-refractivity contribution in [3.05, 3.63) is 53.6 Å². The number of rotatable bonds is 3. The van der Waals surface area contributed by atoms with E-state index in [1.165, 1.54) is 6.07 Å². The number of hydrogen-bond donors (Lipinski definition) is 1. The van der Waals surface area contributed by atoms with Gasteiger partial charge in [0.1, 0.15) is 5.82 Å². The van der Waals surface area contributed by atoms with Gasteiger partial charge in [0.15, 0.2) is 0 Å². The molecule has 1 heterocycles. The van der Waals surface area contributed by atoms with Gasteiger partial charge in [0.2, 0.25) is 0 Å². The van der Waals surface area contributed by atoms with E-state index in [0.29, 0.717) is 11.3 Å². The van der Waals surface area contributed by atoms with Crippen LogP contribution in [-0.2, 0) is 6.61 Å². The van der Waals surface area contributed by atoms with Crippen LogP contribution in [0.5, 0.6) is 0 Å². The number of para-hydroxylation sites is 1. The van der Waals surface area contributed by atoms with Crippen molar-refractivity contribution in [3.8, 4) is 0 Å². The number of pyridine rings is 1. The molecule has 0 radical (unpaired) electrons. The number of aliphatic hydroxyl groups is 1. The molecule has 1 N–H and O–H groups in total. The van der Waals surface area contributed by atoms with Crippen LogP contribution in [0.15, 0.2) is 36.5 Å². The quantitative estimate of drug-likeness (QED) is 0.904. The minimum absolute atomic E-state index is 0.124. The normalized spacial score (nSPS) is 10.4. The van der Waals surface area contributed by atoms with Crippen molar-refractivity contribution in [2.75, 3.05) is 11.9 Å². The largest absolute Gasteiger partial charge is 0.392 e. The number of aryl methyl sites for hydroxylation is 1. The first-order valence-electron chi connectivity index (χ1n) is 5.68. The molecule has 4 heteroatoms. The van der Waals surface area contributed by atoms with Gasteiger partial charge in [0.25, 0.3) is 0 Å². The fourth-order valence-corrected chi connectivity index (χ4v) is 1.86. The second-order valence-corrected chi connectivity index (χ2v) is 4.12. The highest BCUT2D eigenvalue weighted by Crippen LogP contribution is 2.29. The molecule has 0 amide bonds. The molecule has 0 aliphatic rings. The molecule has 0 fully saturated rings. The molecular formula is C14H15FN2O. The first-order chi connectivity index (χ1) is 8.63. The lowest BCUT2D eigenvalue weighted by atomic mass is 10.2. The zero-order valence-electron chi connectivity index (χ0n) is 10.4. The van der Waals surface area contributed by atoms with Crippen LogP contribution in [0.2, 0.25) is 0 Å². The smallest absolute Gasteiger partial charge is 0.146 e. The van der Waals surface area contributed by atoms with Gasteiger partial charge < -0.3 is 10.0 Å². The number of aromatic nitrogens is 1. The first kappa shape index (κ1) is 12.5. The number of aliphatic hydroxyl groups excluding tert-OH is 1. The minimum Gasteiger partial charge on any atom is -0.392 e. The third-order valence-corrected chi connectivity index (χ3v) is 2.84. The average molecular weight is 246 g/mol. The Bertz CT molecular complexity index is 557. The van der Waals surface area contributed by atoms with Gasteiger partial charge in [0, 0.05) is 30.2 Å². The highest BCUT2D eigenvalue weighted by molar-refractivity contribution is 5.66. The van der Waals surface area contributed by atoms with Crippen molar-refractivity contribution in [2.24, 2.45) is 0 Å². The van der Waals surface area contributed by atoms with Gasteiger partial charge in [0.05, 0.1) is 12.3 Å². The summed E-state index contributed by atoms with van der Waals surface area (Å²) >= 11 is 0. The maximum Gasteiger partial charge on any atom is 0.146 e. The summed E-state index contributed by atoms with van der Waals surface area (Å²) in [7, 11) is 1.77. The lowest BCUT2D eigenvalue weighted by Gasteiger charge is -2.22. The highest BCUT2D eigenvalue weighted by atomic mass is 19.1. The number of benzene rings is 1. The van der Waals surface area contributed by atoms with E-state index in [9.17, 15) is 9.50 Å². The summed E-state index contributed by atoms with van der Waals surface area (Å²) in [5.41, 5.74) is 2.73. The Morgan fingerprint density at radius 2 is 2.00 bits per heavy atom. The molecule has 0 bridgehead atoms. The van der Waals surface area contributed by atoms with Crippen molar-refractivity contribution in [1.82, 2.24) is 4.98 Å². The van der Waals surface area contributed by atoms with Crippen molar-refractivity contribution in [2.45, 2.75) is 13.5 Å². The third-order valence-electron chi connectivity index (χ3n) is 2.84. The van der Waals surface area contributed by atoms with Gasteiger partial charge in [-0.25, -0.2) is 4.39 Å². The first-order valence-corrected chi connectivity index (χ1v) is 5.68. The van der Waals surface area contributed by atoms with E-state index in [1.54, 1.807) is 36.3 Å². The van der Waals surface area contributed by atoms with Crippen molar-refractivity contribution in [3.63, 3.8) is 0 Å². The van der Waals surface area contributed by atoms with Crippen LogP contribution in [0.3, 0.4) is 0 Å². The highest BCUT2D eigenvalue weighted by Gasteiger charge is 2.12. The molecule has 2 aromatic rings. The predicted octanol–water partition coefficient (Wildman–Crippen LogP) is 2.79. The van der Waals surface area contributed by atoms with E-state index in [2.05, 4.69) is 4.98 Å². The Balaban J connectivity index is 2.48. The number of halogens is 1. The second-order valence-electron chi connectivity index (χ2n) is 4.12. The summed E-state index contributed by atoms with van der Waals surface area (Å²) in [6, 6.07) is 8.38. The van der Waals surface area contributed by atoms with Gasteiger partial charge in [-0.3, -0.25) is 4.98 Å². The third kappa shape index (κ3) is 2.33.